The molecular weight excluding hydrogens is 344 g/mol. The molecule has 0 spiro atoms. The molecule has 3 rings (SSSR count). The van der Waals surface area contributed by atoms with Crippen LogP contribution in [0.2, 0.25) is 0 Å². The smallest absolute Gasteiger partial charge is 0.245 e. The quantitative estimate of drug-likeness (QED) is 0.809. The number of methoxy groups -OCH3 is 2. The number of aromatic nitrogens is 1. The summed E-state index contributed by atoms with van der Waals surface area (Å²) in [6, 6.07) is 5.71. The molecular formula is C17H22N2O5S. The van der Waals surface area contributed by atoms with Crippen molar-refractivity contribution in [1.82, 2.24) is 9.88 Å². The number of ether oxygens (including phenoxy) is 2. The number of hydrogen-bond donors (Lipinski definition) is 1. The first kappa shape index (κ1) is 17.8. The molecule has 0 radical (unpaired) electrons. The summed E-state index contributed by atoms with van der Waals surface area (Å²) in [6.45, 7) is 3.52. The Labute approximate surface area is 147 Å². The monoisotopic (exact) mass is 366 g/mol. The van der Waals surface area contributed by atoms with Gasteiger partial charge in [0.25, 0.3) is 0 Å². The third-order valence-electron chi connectivity index (χ3n) is 4.69. The van der Waals surface area contributed by atoms with E-state index in [2.05, 4.69) is 9.88 Å². The highest BCUT2D eigenvalue weighted by atomic mass is 32.2. The second-order valence-electron chi connectivity index (χ2n) is 6.33. The first-order valence-corrected chi connectivity index (χ1v) is 9.46. The first-order chi connectivity index (χ1) is 11.8. The molecule has 136 valence electrons. The van der Waals surface area contributed by atoms with Crippen LogP contribution in [0.4, 0.5) is 0 Å². The van der Waals surface area contributed by atoms with E-state index in [9.17, 15) is 8.42 Å². The van der Waals surface area contributed by atoms with Crippen LogP contribution in [0, 0.1) is 13.8 Å². The van der Waals surface area contributed by atoms with Crippen molar-refractivity contribution >= 4 is 10.0 Å². The Kier molecular flexibility index (Phi) is 4.51. The van der Waals surface area contributed by atoms with Crippen molar-refractivity contribution in [3.8, 4) is 11.5 Å². The lowest BCUT2D eigenvalue weighted by Crippen LogP contribution is -2.32. The van der Waals surface area contributed by atoms with E-state index in [1.807, 2.05) is 18.2 Å². The third kappa shape index (κ3) is 3.23. The molecule has 1 N–H and O–H groups in total. The van der Waals surface area contributed by atoms with Gasteiger partial charge in [-0.1, -0.05) is 11.2 Å². The summed E-state index contributed by atoms with van der Waals surface area (Å²) in [5.74, 6) is 1.58. The van der Waals surface area contributed by atoms with Crippen molar-refractivity contribution < 1.29 is 22.4 Å². The highest BCUT2D eigenvalue weighted by Crippen LogP contribution is 2.49. The van der Waals surface area contributed by atoms with Crippen LogP contribution in [0.5, 0.6) is 11.5 Å². The summed E-state index contributed by atoms with van der Waals surface area (Å²) >= 11 is 0. The van der Waals surface area contributed by atoms with E-state index in [1.165, 1.54) is 0 Å². The number of hydrogen-bond acceptors (Lipinski definition) is 6. The Balaban J connectivity index is 1.81. The number of aryl methyl sites for hydroxylation is 2. The molecule has 0 bridgehead atoms. The van der Waals surface area contributed by atoms with E-state index in [0.29, 0.717) is 29.5 Å². The second-order valence-corrected chi connectivity index (χ2v) is 8.03. The molecule has 1 fully saturated rings. The molecule has 1 saturated carbocycles. The zero-order valence-electron chi connectivity index (χ0n) is 14.8. The predicted octanol–water partition coefficient (Wildman–Crippen LogP) is 2.32. The van der Waals surface area contributed by atoms with E-state index in [4.69, 9.17) is 14.0 Å². The molecule has 0 aliphatic heterocycles. The van der Waals surface area contributed by atoms with E-state index in [1.54, 1.807) is 28.1 Å². The summed E-state index contributed by atoms with van der Waals surface area (Å²) in [5.41, 5.74) is 1.18. The standard InChI is InChI=1S/C17H22N2O5S/c1-11-16(12(2)24-19-11)25(20,21)18-10-17(7-8-17)13-5-6-14(22-3)15(9-13)23-4/h5-6,9,18H,7-8,10H2,1-4H3. The Morgan fingerprint density at radius 1 is 1.20 bits per heavy atom. The topological polar surface area (TPSA) is 90.7 Å². The Hall–Kier alpha value is -2.06. The fourth-order valence-electron chi connectivity index (χ4n) is 3.05. The van der Waals surface area contributed by atoms with Crippen molar-refractivity contribution in [3.63, 3.8) is 0 Å². The van der Waals surface area contributed by atoms with Crippen LogP contribution in [0.1, 0.15) is 29.9 Å². The molecule has 25 heavy (non-hydrogen) atoms. The average Bonchev–Trinajstić information content (AvgIpc) is 3.31. The Morgan fingerprint density at radius 3 is 2.40 bits per heavy atom. The van der Waals surface area contributed by atoms with Crippen molar-refractivity contribution in [2.24, 2.45) is 0 Å². The number of nitrogens with one attached hydrogen (secondary N) is 1. The minimum Gasteiger partial charge on any atom is -0.493 e. The van der Waals surface area contributed by atoms with Crippen LogP contribution in [0.3, 0.4) is 0 Å². The van der Waals surface area contributed by atoms with Gasteiger partial charge in [0.05, 0.1) is 14.2 Å². The highest BCUT2D eigenvalue weighted by molar-refractivity contribution is 7.89. The summed E-state index contributed by atoms with van der Waals surface area (Å²) < 4.78 is 43.5. The maximum absolute atomic E-state index is 12.6. The number of sulfonamides is 1. The normalized spacial score (nSPS) is 15.8. The van der Waals surface area contributed by atoms with Crippen LogP contribution in [0.25, 0.3) is 0 Å². The molecule has 1 aliphatic carbocycles. The van der Waals surface area contributed by atoms with Crippen LogP contribution < -0.4 is 14.2 Å². The molecule has 1 aromatic carbocycles. The zero-order valence-corrected chi connectivity index (χ0v) is 15.6. The summed E-state index contributed by atoms with van der Waals surface area (Å²) in [4.78, 5) is 0.121. The molecule has 0 unspecified atom stereocenters. The van der Waals surface area contributed by atoms with Gasteiger partial charge in [-0.2, -0.15) is 0 Å². The van der Waals surface area contributed by atoms with Crippen LogP contribution in [0.15, 0.2) is 27.6 Å². The summed E-state index contributed by atoms with van der Waals surface area (Å²) in [5, 5.41) is 3.72. The Bertz CT molecular complexity index is 865. The first-order valence-electron chi connectivity index (χ1n) is 7.98. The van der Waals surface area contributed by atoms with Gasteiger partial charge in [0.1, 0.15) is 10.6 Å². The zero-order chi connectivity index (χ0) is 18.2. The van der Waals surface area contributed by atoms with Gasteiger partial charge in [0.2, 0.25) is 10.0 Å². The summed E-state index contributed by atoms with van der Waals surface area (Å²) in [7, 11) is -0.500. The third-order valence-corrected chi connectivity index (χ3v) is 6.33. The molecule has 7 nitrogen and oxygen atoms in total. The van der Waals surface area contributed by atoms with Crippen LogP contribution >= 0.6 is 0 Å². The molecule has 0 atom stereocenters. The van der Waals surface area contributed by atoms with Crippen molar-refractivity contribution in [3.05, 3.63) is 35.2 Å². The van der Waals surface area contributed by atoms with Crippen LogP contribution in [-0.4, -0.2) is 34.3 Å². The molecule has 1 aromatic heterocycles. The van der Waals surface area contributed by atoms with Gasteiger partial charge in [-0.3, -0.25) is 0 Å². The Morgan fingerprint density at radius 2 is 1.88 bits per heavy atom. The summed E-state index contributed by atoms with van der Waals surface area (Å²) in [6.07, 6.45) is 1.82. The van der Waals surface area contributed by atoms with Gasteiger partial charge in [-0.15, -0.1) is 0 Å². The van der Waals surface area contributed by atoms with E-state index in [0.717, 1.165) is 18.4 Å². The predicted molar refractivity (Wildman–Crippen MR) is 91.6 cm³/mol. The number of benzene rings is 1. The highest BCUT2D eigenvalue weighted by Gasteiger charge is 2.45. The minimum absolute atomic E-state index is 0.121. The lowest BCUT2D eigenvalue weighted by molar-refractivity contribution is 0.354. The molecule has 1 heterocycles. The molecule has 2 aromatic rings. The number of nitrogens with zero attached hydrogens (tertiary/aromatic N) is 1. The van der Waals surface area contributed by atoms with Crippen LogP contribution in [-0.2, 0) is 15.4 Å². The average molecular weight is 366 g/mol. The minimum atomic E-state index is -3.67. The second kappa shape index (κ2) is 6.34. The van der Waals surface area contributed by atoms with Gasteiger partial charge >= 0.3 is 0 Å². The van der Waals surface area contributed by atoms with E-state index < -0.39 is 10.0 Å². The molecule has 0 saturated heterocycles. The lowest BCUT2D eigenvalue weighted by atomic mass is 9.96. The molecule has 8 heteroatoms. The van der Waals surface area contributed by atoms with Crippen molar-refractivity contribution in [2.75, 3.05) is 20.8 Å². The van der Waals surface area contributed by atoms with Gasteiger partial charge in [0, 0.05) is 12.0 Å². The van der Waals surface area contributed by atoms with Gasteiger partial charge < -0.3 is 14.0 Å². The van der Waals surface area contributed by atoms with E-state index >= 15 is 0 Å². The molecule has 0 amide bonds. The molecule has 1 aliphatic rings. The van der Waals surface area contributed by atoms with Gasteiger partial charge in [-0.25, -0.2) is 13.1 Å². The largest absolute Gasteiger partial charge is 0.493 e. The van der Waals surface area contributed by atoms with E-state index in [-0.39, 0.29) is 10.3 Å². The van der Waals surface area contributed by atoms with Gasteiger partial charge in [0.15, 0.2) is 17.3 Å². The maximum atomic E-state index is 12.6. The van der Waals surface area contributed by atoms with Crippen molar-refractivity contribution in [2.45, 2.75) is 37.0 Å². The maximum Gasteiger partial charge on any atom is 0.245 e. The fraction of sp³-hybridized carbons (Fsp3) is 0.471. The lowest BCUT2D eigenvalue weighted by Gasteiger charge is -2.18. The SMILES string of the molecule is COc1ccc(C2(CNS(=O)(=O)c3c(C)noc3C)CC2)cc1OC. The number of rotatable bonds is 7. The van der Waals surface area contributed by atoms with Gasteiger partial charge in [-0.05, 0) is 44.4 Å². The van der Waals surface area contributed by atoms with Crippen molar-refractivity contribution in [1.29, 1.82) is 0 Å². The fourth-order valence-corrected chi connectivity index (χ4v) is 4.50.